The molecule has 0 saturated carbocycles. The fraction of sp³-hybridized carbons (Fsp3) is 0.368. The number of nitrogens with two attached hydrogens (primary N) is 1. The van der Waals surface area contributed by atoms with E-state index in [1.165, 1.54) is 24.3 Å². The van der Waals surface area contributed by atoms with Crippen LogP contribution in [0.2, 0.25) is 0 Å². The maximum absolute atomic E-state index is 12.9. The van der Waals surface area contributed by atoms with Gasteiger partial charge in [-0.3, -0.25) is 19.7 Å². The van der Waals surface area contributed by atoms with Crippen molar-refractivity contribution in [3.05, 3.63) is 39.9 Å². The van der Waals surface area contributed by atoms with Crippen LogP contribution in [0.25, 0.3) is 0 Å². The summed E-state index contributed by atoms with van der Waals surface area (Å²) in [6.07, 6.45) is 3.13. The molecule has 4 N–H and O–H groups in total. The molecule has 1 saturated heterocycles. The zero-order valence-corrected chi connectivity index (χ0v) is 16.1. The first kappa shape index (κ1) is 19.6. The zero-order valence-electron chi connectivity index (χ0n) is 16.1. The maximum atomic E-state index is 12.9. The highest BCUT2D eigenvalue weighted by molar-refractivity contribution is 6.05. The normalized spacial score (nSPS) is 18.3. The molecular formula is C19H21N7O4. The van der Waals surface area contributed by atoms with Gasteiger partial charge in [-0.05, 0) is 31.4 Å². The molecule has 11 heteroatoms. The number of fused-ring (bicyclic) bond motifs is 1. The number of nitro groups is 1. The molecule has 0 aliphatic carbocycles. The van der Waals surface area contributed by atoms with Crippen molar-refractivity contribution in [3.63, 3.8) is 0 Å². The number of aromatic nitrogens is 2. The van der Waals surface area contributed by atoms with Crippen LogP contribution in [-0.2, 0) is 9.59 Å². The summed E-state index contributed by atoms with van der Waals surface area (Å²) < 4.78 is 0. The van der Waals surface area contributed by atoms with Crippen molar-refractivity contribution >= 4 is 40.8 Å². The van der Waals surface area contributed by atoms with Gasteiger partial charge in [-0.15, -0.1) is 0 Å². The predicted octanol–water partition coefficient (Wildman–Crippen LogP) is 2.02. The average Bonchev–Trinajstić information content (AvgIpc) is 2.73. The standard InChI is InChI=1S/C19H21N7O4/c20-16-15-13(18(28)21-11-4-6-12(7-5-11)26(29)30)10-14(27)22-17(15)24-19(23-16)25-8-2-1-3-9-25/h4-7,13H,1-3,8-10H2,(H,21,28)(H3,20,22,23,24,27). The first-order chi connectivity index (χ1) is 14.4. The molecule has 1 atom stereocenters. The minimum Gasteiger partial charge on any atom is -0.383 e. The molecule has 0 bridgehead atoms. The molecular weight excluding hydrogens is 390 g/mol. The second kappa shape index (κ2) is 7.93. The lowest BCUT2D eigenvalue weighted by atomic mass is 9.92. The van der Waals surface area contributed by atoms with Crippen LogP contribution < -0.4 is 21.3 Å². The number of non-ortho nitro benzene ring substituents is 1. The number of nitro benzene ring substituents is 1. The molecule has 0 spiro atoms. The number of nitrogens with zero attached hydrogens (tertiary/aromatic N) is 4. The van der Waals surface area contributed by atoms with Gasteiger partial charge in [0.15, 0.2) is 0 Å². The van der Waals surface area contributed by atoms with Gasteiger partial charge in [-0.1, -0.05) is 0 Å². The lowest BCUT2D eigenvalue weighted by Gasteiger charge is -2.30. The van der Waals surface area contributed by atoms with Crippen molar-refractivity contribution in [2.45, 2.75) is 31.6 Å². The van der Waals surface area contributed by atoms with Crippen LogP contribution in [0, 0.1) is 10.1 Å². The molecule has 0 radical (unpaired) electrons. The SMILES string of the molecule is Nc1nc(N2CCCCC2)nc2c1C(C(=O)Nc1ccc([N+](=O)[O-])cc1)CC(=O)N2. The van der Waals surface area contributed by atoms with Crippen LogP contribution in [0.5, 0.6) is 0 Å². The van der Waals surface area contributed by atoms with E-state index < -0.39 is 16.7 Å². The van der Waals surface area contributed by atoms with Crippen molar-refractivity contribution in [3.8, 4) is 0 Å². The van der Waals surface area contributed by atoms with Crippen LogP contribution >= 0.6 is 0 Å². The van der Waals surface area contributed by atoms with Crippen LogP contribution in [-0.4, -0.2) is 39.8 Å². The quantitative estimate of drug-likeness (QED) is 0.509. The number of nitrogens with one attached hydrogen (secondary N) is 2. The fourth-order valence-corrected chi connectivity index (χ4v) is 3.74. The predicted molar refractivity (Wildman–Crippen MR) is 110 cm³/mol. The second-order valence-electron chi connectivity index (χ2n) is 7.32. The average molecular weight is 411 g/mol. The van der Waals surface area contributed by atoms with E-state index in [4.69, 9.17) is 5.73 Å². The molecule has 2 aliphatic heterocycles. The van der Waals surface area contributed by atoms with Crippen LogP contribution in [0.4, 0.5) is 29.0 Å². The smallest absolute Gasteiger partial charge is 0.269 e. The molecule has 3 heterocycles. The fourth-order valence-electron chi connectivity index (χ4n) is 3.74. The Kier molecular flexibility index (Phi) is 5.17. The molecule has 1 unspecified atom stereocenters. The molecule has 156 valence electrons. The lowest BCUT2D eigenvalue weighted by Crippen LogP contribution is -2.35. The van der Waals surface area contributed by atoms with E-state index in [9.17, 15) is 19.7 Å². The Morgan fingerprint density at radius 3 is 2.57 bits per heavy atom. The van der Waals surface area contributed by atoms with Gasteiger partial charge in [0.05, 0.1) is 16.4 Å². The van der Waals surface area contributed by atoms with E-state index in [1.54, 1.807) is 0 Å². The number of carbonyl (C=O) groups excluding carboxylic acids is 2. The van der Waals surface area contributed by atoms with Gasteiger partial charge in [0.2, 0.25) is 17.8 Å². The zero-order chi connectivity index (χ0) is 21.3. The Morgan fingerprint density at radius 1 is 1.20 bits per heavy atom. The van der Waals surface area contributed by atoms with Gasteiger partial charge in [0, 0.05) is 37.3 Å². The summed E-state index contributed by atoms with van der Waals surface area (Å²) in [6.45, 7) is 1.63. The molecule has 1 aromatic heterocycles. The summed E-state index contributed by atoms with van der Waals surface area (Å²) in [6, 6.07) is 5.44. The van der Waals surface area contributed by atoms with E-state index in [-0.39, 0.29) is 29.7 Å². The Hall–Kier alpha value is -3.76. The van der Waals surface area contributed by atoms with E-state index in [2.05, 4.69) is 20.6 Å². The third-order valence-corrected chi connectivity index (χ3v) is 5.26. The first-order valence-electron chi connectivity index (χ1n) is 9.70. The maximum Gasteiger partial charge on any atom is 0.269 e. The number of carbonyl (C=O) groups is 2. The molecule has 2 aliphatic rings. The van der Waals surface area contributed by atoms with Gasteiger partial charge in [0.1, 0.15) is 11.6 Å². The van der Waals surface area contributed by atoms with E-state index in [0.717, 1.165) is 32.4 Å². The third kappa shape index (κ3) is 3.86. The Balaban J connectivity index is 1.59. The summed E-state index contributed by atoms with van der Waals surface area (Å²) in [7, 11) is 0. The summed E-state index contributed by atoms with van der Waals surface area (Å²) in [5.41, 5.74) is 6.86. The van der Waals surface area contributed by atoms with Gasteiger partial charge in [-0.25, -0.2) is 0 Å². The minimum absolute atomic E-state index is 0.0849. The van der Waals surface area contributed by atoms with Gasteiger partial charge in [0.25, 0.3) is 5.69 Å². The van der Waals surface area contributed by atoms with Gasteiger partial charge < -0.3 is 21.3 Å². The number of benzene rings is 1. The Labute approximate surface area is 171 Å². The summed E-state index contributed by atoms with van der Waals surface area (Å²) in [4.78, 5) is 46.3. The Morgan fingerprint density at radius 2 is 1.90 bits per heavy atom. The van der Waals surface area contributed by atoms with Crippen molar-refractivity contribution in [1.29, 1.82) is 0 Å². The molecule has 4 rings (SSSR count). The molecule has 11 nitrogen and oxygen atoms in total. The van der Waals surface area contributed by atoms with Crippen LogP contribution in [0.1, 0.15) is 37.2 Å². The topological polar surface area (TPSA) is 156 Å². The number of nitrogen functional groups attached to an aromatic ring is 1. The molecule has 2 amide bonds. The molecule has 2 aromatic rings. The highest BCUT2D eigenvalue weighted by atomic mass is 16.6. The Bertz CT molecular complexity index is 1000. The summed E-state index contributed by atoms with van der Waals surface area (Å²) in [5.74, 6) is -0.801. The molecule has 1 fully saturated rings. The van der Waals surface area contributed by atoms with Crippen molar-refractivity contribution in [1.82, 2.24) is 9.97 Å². The number of hydrogen-bond acceptors (Lipinski definition) is 8. The largest absolute Gasteiger partial charge is 0.383 e. The lowest BCUT2D eigenvalue weighted by molar-refractivity contribution is -0.384. The van der Waals surface area contributed by atoms with Crippen LogP contribution in [0.3, 0.4) is 0 Å². The minimum atomic E-state index is -0.862. The summed E-state index contributed by atoms with van der Waals surface area (Å²) >= 11 is 0. The van der Waals surface area contributed by atoms with Gasteiger partial charge >= 0.3 is 0 Å². The third-order valence-electron chi connectivity index (χ3n) is 5.26. The first-order valence-corrected chi connectivity index (χ1v) is 9.70. The number of piperidine rings is 1. The van der Waals surface area contributed by atoms with Crippen LogP contribution in [0.15, 0.2) is 24.3 Å². The van der Waals surface area contributed by atoms with E-state index in [1.807, 2.05) is 4.90 Å². The number of amides is 2. The number of rotatable bonds is 4. The highest BCUT2D eigenvalue weighted by Crippen LogP contribution is 2.37. The summed E-state index contributed by atoms with van der Waals surface area (Å²) in [5, 5.41) is 16.2. The number of anilines is 4. The van der Waals surface area contributed by atoms with Crippen molar-refractivity contribution < 1.29 is 14.5 Å². The van der Waals surface area contributed by atoms with Gasteiger partial charge in [-0.2, -0.15) is 9.97 Å². The van der Waals surface area contributed by atoms with E-state index >= 15 is 0 Å². The molecule has 1 aromatic carbocycles. The monoisotopic (exact) mass is 411 g/mol. The molecule has 30 heavy (non-hydrogen) atoms. The van der Waals surface area contributed by atoms with Crippen molar-refractivity contribution in [2.75, 3.05) is 34.4 Å². The highest BCUT2D eigenvalue weighted by Gasteiger charge is 2.35. The number of hydrogen-bond donors (Lipinski definition) is 3. The van der Waals surface area contributed by atoms with Crippen molar-refractivity contribution in [2.24, 2.45) is 0 Å². The van der Waals surface area contributed by atoms with E-state index in [0.29, 0.717) is 17.2 Å². The second-order valence-corrected chi connectivity index (χ2v) is 7.32.